The molecule has 0 aliphatic heterocycles. The summed E-state index contributed by atoms with van der Waals surface area (Å²) in [4.78, 5) is 12.5. The normalized spacial score (nSPS) is 10.9. The standard InChI is InChI=1S/C16H18Cl2N2O/c1-4-13-16(18)14(20(5-2)19-13)9-15(21)12-8-11(17)7-6-10(12)3/h6-8H,4-5,9H2,1-3H3. The number of ketones is 1. The first kappa shape index (κ1) is 16.1. The highest BCUT2D eigenvalue weighted by Gasteiger charge is 2.19. The van der Waals surface area contributed by atoms with E-state index in [0.717, 1.165) is 23.4 Å². The van der Waals surface area contributed by atoms with Crippen LogP contribution in [0, 0.1) is 6.92 Å². The number of hydrogen-bond acceptors (Lipinski definition) is 2. The Bertz CT molecular complexity index is 677. The van der Waals surface area contributed by atoms with Gasteiger partial charge in [-0.15, -0.1) is 0 Å². The molecule has 0 radical (unpaired) electrons. The summed E-state index contributed by atoms with van der Waals surface area (Å²) >= 11 is 12.3. The van der Waals surface area contributed by atoms with E-state index in [0.29, 0.717) is 22.2 Å². The van der Waals surface area contributed by atoms with Crippen LogP contribution < -0.4 is 0 Å². The van der Waals surface area contributed by atoms with Crippen molar-refractivity contribution in [3.05, 3.63) is 50.8 Å². The van der Waals surface area contributed by atoms with Crippen LogP contribution in [0.15, 0.2) is 18.2 Å². The molecular weight excluding hydrogens is 307 g/mol. The zero-order valence-electron chi connectivity index (χ0n) is 12.4. The molecule has 0 aliphatic rings. The number of carbonyl (C=O) groups excluding carboxylic acids is 1. The topological polar surface area (TPSA) is 34.9 Å². The minimum absolute atomic E-state index is 0.00848. The van der Waals surface area contributed by atoms with E-state index in [1.54, 1.807) is 16.8 Å². The van der Waals surface area contributed by atoms with E-state index >= 15 is 0 Å². The van der Waals surface area contributed by atoms with Gasteiger partial charge in [-0.1, -0.05) is 36.2 Å². The fourth-order valence-corrected chi connectivity index (χ4v) is 2.84. The minimum atomic E-state index is 0.00848. The Hall–Kier alpha value is -1.32. The molecule has 0 bridgehead atoms. The van der Waals surface area contributed by atoms with Crippen molar-refractivity contribution in [2.75, 3.05) is 0 Å². The number of aryl methyl sites for hydroxylation is 3. The Labute approximate surface area is 134 Å². The highest BCUT2D eigenvalue weighted by Crippen LogP contribution is 2.24. The van der Waals surface area contributed by atoms with E-state index < -0.39 is 0 Å². The first-order valence-corrected chi connectivity index (χ1v) is 7.76. The van der Waals surface area contributed by atoms with Crippen molar-refractivity contribution in [3.8, 4) is 0 Å². The fraction of sp³-hybridized carbons (Fsp3) is 0.375. The van der Waals surface area contributed by atoms with Crippen molar-refractivity contribution in [1.82, 2.24) is 9.78 Å². The van der Waals surface area contributed by atoms with Crippen molar-refractivity contribution in [2.24, 2.45) is 0 Å². The van der Waals surface area contributed by atoms with Gasteiger partial charge < -0.3 is 0 Å². The van der Waals surface area contributed by atoms with Gasteiger partial charge in [0.15, 0.2) is 5.78 Å². The molecule has 0 amide bonds. The summed E-state index contributed by atoms with van der Waals surface area (Å²) in [6, 6.07) is 5.35. The van der Waals surface area contributed by atoms with Crippen LogP contribution in [0.5, 0.6) is 0 Å². The maximum atomic E-state index is 12.5. The molecule has 0 saturated heterocycles. The van der Waals surface area contributed by atoms with Crippen LogP contribution in [-0.2, 0) is 19.4 Å². The van der Waals surface area contributed by atoms with Crippen LogP contribution in [0.2, 0.25) is 10.0 Å². The molecule has 0 spiro atoms. The molecule has 0 unspecified atom stereocenters. The van der Waals surface area contributed by atoms with Crippen LogP contribution in [0.25, 0.3) is 0 Å². The SMILES string of the molecule is CCc1nn(CC)c(CC(=O)c2cc(Cl)ccc2C)c1Cl. The summed E-state index contributed by atoms with van der Waals surface area (Å²) in [6.45, 7) is 6.58. The summed E-state index contributed by atoms with van der Waals surface area (Å²) in [5.41, 5.74) is 3.17. The Morgan fingerprint density at radius 2 is 2.00 bits per heavy atom. The van der Waals surface area contributed by atoms with E-state index in [1.165, 1.54) is 0 Å². The van der Waals surface area contributed by atoms with Crippen LogP contribution in [0.1, 0.15) is 41.2 Å². The van der Waals surface area contributed by atoms with Crippen molar-refractivity contribution in [2.45, 2.75) is 40.2 Å². The number of rotatable bonds is 5. The molecule has 2 aromatic rings. The van der Waals surface area contributed by atoms with Gasteiger partial charge in [-0.2, -0.15) is 5.10 Å². The Balaban J connectivity index is 2.35. The third-order valence-corrected chi connectivity index (χ3v) is 4.19. The molecule has 3 nitrogen and oxygen atoms in total. The zero-order chi connectivity index (χ0) is 15.6. The average Bonchev–Trinajstić information content (AvgIpc) is 2.77. The molecule has 5 heteroatoms. The van der Waals surface area contributed by atoms with Crippen LogP contribution in [-0.4, -0.2) is 15.6 Å². The first-order chi connectivity index (χ1) is 9.97. The zero-order valence-corrected chi connectivity index (χ0v) is 13.9. The van der Waals surface area contributed by atoms with Gasteiger partial charge in [0.2, 0.25) is 0 Å². The second kappa shape index (κ2) is 6.63. The predicted molar refractivity (Wildman–Crippen MR) is 86.5 cm³/mol. The second-order valence-electron chi connectivity index (χ2n) is 4.94. The number of halogens is 2. The van der Waals surface area contributed by atoms with Crippen LogP contribution in [0.4, 0.5) is 0 Å². The highest BCUT2D eigenvalue weighted by atomic mass is 35.5. The van der Waals surface area contributed by atoms with E-state index in [-0.39, 0.29) is 12.2 Å². The van der Waals surface area contributed by atoms with E-state index in [2.05, 4.69) is 5.10 Å². The monoisotopic (exact) mass is 324 g/mol. The Morgan fingerprint density at radius 1 is 1.29 bits per heavy atom. The lowest BCUT2D eigenvalue weighted by molar-refractivity contribution is 0.0990. The smallest absolute Gasteiger partial charge is 0.169 e. The van der Waals surface area contributed by atoms with Crippen LogP contribution >= 0.6 is 23.2 Å². The molecular formula is C16H18Cl2N2O. The van der Waals surface area contributed by atoms with Crippen LogP contribution in [0.3, 0.4) is 0 Å². The molecule has 1 aromatic heterocycles. The van der Waals surface area contributed by atoms with E-state index in [9.17, 15) is 4.79 Å². The quantitative estimate of drug-likeness (QED) is 0.758. The van der Waals surface area contributed by atoms with Crippen molar-refractivity contribution < 1.29 is 4.79 Å². The predicted octanol–water partition coefficient (Wildman–Crippen LogP) is 4.51. The van der Waals surface area contributed by atoms with Gasteiger partial charge in [0, 0.05) is 17.1 Å². The third kappa shape index (κ3) is 3.30. The first-order valence-electron chi connectivity index (χ1n) is 7.01. The van der Waals surface area contributed by atoms with Gasteiger partial charge in [-0.3, -0.25) is 9.48 Å². The number of carbonyl (C=O) groups is 1. The number of Topliss-reactive ketones (excluding diaryl/α,β-unsaturated/α-hetero) is 1. The Morgan fingerprint density at radius 3 is 2.62 bits per heavy atom. The molecule has 2 rings (SSSR count). The Kier molecular flexibility index (Phi) is 5.07. The molecule has 112 valence electrons. The summed E-state index contributed by atoms with van der Waals surface area (Å²) in [7, 11) is 0. The van der Waals surface area contributed by atoms with Gasteiger partial charge in [0.05, 0.1) is 22.8 Å². The molecule has 0 N–H and O–H groups in total. The summed E-state index contributed by atoms with van der Waals surface area (Å²) in [6.07, 6.45) is 0.990. The van der Waals surface area contributed by atoms with Crippen molar-refractivity contribution in [3.63, 3.8) is 0 Å². The summed E-state index contributed by atoms with van der Waals surface area (Å²) in [5.74, 6) is 0.00848. The number of hydrogen-bond donors (Lipinski definition) is 0. The number of benzene rings is 1. The molecule has 0 atom stereocenters. The third-order valence-electron chi connectivity index (χ3n) is 3.52. The maximum Gasteiger partial charge on any atom is 0.169 e. The molecule has 0 fully saturated rings. The fourth-order valence-electron chi connectivity index (χ4n) is 2.33. The van der Waals surface area contributed by atoms with Gasteiger partial charge in [-0.25, -0.2) is 0 Å². The number of nitrogens with zero attached hydrogens (tertiary/aromatic N) is 2. The van der Waals surface area contributed by atoms with Gasteiger partial charge in [0.1, 0.15) is 0 Å². The number of aromatic nitrogens is 2. The second-order valence-corrected chi connectivity index (χ2v) is 5.75. The van der Waals surface area contributed by atoms with Crippen molar-refractivity contribution in [1.29, 1.82) is 0 Å². The molecule has 1 heterocycles. The molecule has 21 heavy (non-hydrogen) atoms. The van der Waals surface area contributed by atoms with Gasteiger partial charge >= 0.3 is 0 Å². The average molecular weight is 325 g/mol. The van der Waals surface area contributed by atoms with E-state index in [4.69, 9.17) is 23.2 Å². The lowest BCUT2D eigenvalue weighted by Gasteiger charge is -2.07. The van der Waals surface area contributed by atoms with Gasteiger partial charge in [-0.05, 0) is 38.0 Å². The molecule has 0 saturated carbocycles. The van der Waals surface area contributed by atoms with Crippen molar-refractivity contribution >= 4 is 29.0 Å². The minimum Gasteiger partial charge on any atom is -0.294 e. The largest absolute Gasteiger partial charge is 0.294 e. The van der Waals surface area contributed by atoms with Gasteiger partial charge in [0.25, 0.3) is 0 Å². The molecule has 0 aliphatic carbocycles. The molecule has 1 aromatic carbocycles. The summed E-state index contributed by atoms with van der Waals surface area (Å²) in [5, 5.41) is 5.61. The maximum absolute atomic E-state index is 12.5. The lowest BCUT2D eigenvalue weighted by atomic mass is 10.0. The summed E-state index contributed by atoms with van der Waals surface area (Å²) < 4.78 is 1.80. The highest BCUT2D eigenvalue weighted by molar-refractivity contribution is 6.32. The van der Waals surface area contributed by atoms with E-state index in [1.807, 2.05) is 26.8 Å². The lowest BCUT2D eigenvalue weighted by Crippen LogP contribution is -2.11.